The number of piperidine rings is 1. The molecule has 184 valence electrons. The molecule has 2 saturated heterocycles. The average Bonchev–Trinajstić information content (AvgIpc) is 2.81. The maximum absolute atomic E-state index is 13.1. The van der Waals surface area contributed by atoms with Gasteiger partial charge in [-0.2, -0.15) is 13.9 Å². The van der Waals surface area contributed by atoms with Gasteiger partial charge in [0.1, 0.15) is 0 Å². The number of alkyl halides is 2. The first-order valence-electron chi connectivity index (χ1n) is 11.5. The predicted molar refractivity (Wildman–Crippen MR) is 127 cm³/mol. The fourth-order valence-corrected chi connectivity index (χ4v) is 4.28. The maximum Gasteiger partial charge on any atom is 0.387 e. The van der Waals surface area contributed by atoms with Gasteiger partial charge in [0.15, 0.2) is 11.6 Å². The number of carbonyl (C=O) groups is 1. The van der Waals surface area contributed by atoms with E-state index in [1.165, 1.54) is 0 Å². The Morgan fingerprint density at radius 1 is 1.09 bits per heavy atom. The maximum atomic E-state index is 13.1. The Balaban J connectivity index is 1.39. The Bertz CT molecular complexity index is 968. The van der Waals surface area contributed by atoms with Crippen LogP contribution in [0.3, 0.4) is 0 Å². The topological polar surface area (TPSA) is 85.9 Å². The number of nitrogens with zero attached hydrogens (tertiary/aromatic N) is 5. The lowest BCUT2D eigenvalue weighted by Crippen LogP contribution is -2.49. The standard InChI is InChI=1S/C23H31F2N7O2/c1-16-5-8-21(29-28-16)32-9-3-4-17(15-32)26-23(33)27-19-7-6-18(14-20(19)34-22(24)25)31-12-10-30(2)11-13-31/h5-8,14,17,22H,3-4,9-13,15H2,1-2H3,(H2,26,27,33). The van der Waals surface area contributed by atoms with Gasteiger partial charge < -0.3 is 30.1 Å². The highest BCUT2D eigenvalue weighted by Crippen LogP contribution is 2.32. The van der Waals surface area contributed by atoms with E-state index in [0.29, 0.717) is 6.54 Å². The molecule has 34 heavy (non-hydrogen) atoms. The van der Waals surface area contributed by atoms with Crippen LogP contribution in [0, 0.1) is 6.92 Å². The van der Waals surface area contributed by atoms with Crippen LogP contribution in [0.2, 0.25) is 0 Å². The molecule has 0 radical (unpaired) electrons. The largest absolute Gasteiger partial charge is 0.433 e. The molecule has 2 aliphatic rings. The van der Waals surface area contributed by atoms with Crippen LogP contribution >= 0.6 is 0 Å². The summed E-state index contributed by atoms with van der Waals surface area (Å²) in [5.41, 5.74) is 1.83. The number of anilines is 3. The number of aryl methyl sites for hydroxylation is 1. The SMILES string of the molecule is Cc1ccc(N2CCCC(NC(=O)Nc3ccc(N4CCN(C)CC4)cc3OC(F)F)C2)nn1. The molecular weight excluding hydrogens is 444 g/mol. The number of hydrogen-bond donors (Lipinski definition) is 2. The Kier molecular flexibility index (Phi) is 7.61. The summed E-state index contributed by atoms with van der Waals surface area (Å²) in [5.74, 6) is 0.714. The van der Waals surface area contributed by atoms with Crippen LogP contribution in [0.25, 0.3) is 0 Å². The molecule has 1 aromatic carbocycles. The van der Waals surface area contributed by atoms with Crippen molar-refractivity contribution in [2.45, 2.75) is 32.4 Å². The van der Waals surface area contributed by atoms with E-state index >= 15 is 0 Å². The van der Waals surface area contributed by atoms with E-state index < -0.39 is 12.6 Å². The molecule has 0 spiro atoms. The minimum absolute atomic E-state index is 0.0539. The van der Waals surface area contributed by atoms with Crippen molar-refractivity contribution in [3.05, 3.63) is 36.0 Å². The van der Waals surface area contributed by atoms with Crippen molar-refractivity contribution >= 4 is 23.2 Å². The van der Waals surface area contributed by atoms with Gasteiger partial charge in [-0.25, -0.2) is 4.79 Å². The van der Waals surface area contributed by atoms with Crippen LogP contribution in [-0.4, -0.2) is 80.1 Å². The quantitative estimate of drug-likeness (QED) is 0.665. The van der Waals surface area contributed by atoms with E-state index in [-0.39, 0.29) is 17.5 Å². The van der Waals surface area contributed by atoms with Crippen molar-refractivity contribution in [3.63, 3.8) is 0 Å². The number of halogens is 2. The third kappa shape index (κ3) is 6.22. The minimum atomic E-state index is -2.99. The van der Waals surface area contributed by atoms with E-state index in [4.69, 9.17) is 4.74 Å². The average molecular weight is 476 g/mol. The molecular formula is C23H31F2N7O2. The molecule has 2 amide bonds. The molecule has 2 fully saturated rings. The second-order valence-corrected chi connectivity index (χ2v) is 8.77. The number of urea groups is 1. The van der Waals surface area contributed by atoms with Crippen LogP contribution in [0.1, 0.15) is 18.5 Å². The lowest BCUT2D eigenvalue weighted by atomic mass is 10.1. The smallest absolute Gasteiger partial charge is 0.387 e. The summed E-state index contributed by atoms with van der Waals surface area (Å²) >= 11 is 0. The number of carbonyl (C=O) groups excluding carboxylic acids is 1. The van der Waals surface area contributed by atoms with E-state index in [2.05, 4.69) is 35.5 Å². The van der Waals surface area contributed by atoms with Crippen molar-refractivity contribution in [2.75, 3.05) is 61.4 Å². The number of nitrogens with one attached hydrogen (secondary N) is 2. The van der Waals surface area contributed by atoms with E-state index in [1.54, 1.807) is 12.1 Å². The van der Waals surface area contributed by atoms with Gasteiger partial charge in [-0.15, -0.1) is 5.10 Å². The summed E-state index contributed by atoms with van der Waals surface area (Å²) in [6.45, 7) is 3.67. The molecule has 4 rings (SSSR count). The summed E-state index contributed by atoms with van der Waals surface area (Å²) in [6.07, 6.45) is 1.70. The first kappa shape index (κ1) is 23.9. The monoisotopic (exact) mass is 475 g/mol. The normalized spacial score (nSPS) is 19.3. The summed E-state index contributed by atoms with van der Waals surface area (Å²) in [5, 5.41) is 14.0. The fraction of sp³-hybridized carbons (Fsp3) is 0.522. The molecule has 0 aliphatic carbocycles. The number of benzene rings is 1. The summed E-state index contributed by atoms with van der Waals surface area (Å²) in [6, 6.07) is 8.24. The molecule has 2 aromatic rings. The number of hydrogen-bond acceptors (Lipinski definition) is 7. The van der Waals surface area contributed by atoms with Crippen LogP contribution in [0.15, 0.2) is 30.3 Å². The molecule has 3 heterocycles. The van der Waals surface area contributed by atoms with Crippen molar-refractivity contribution in [2.24, 2.45) is 0 Å². The van der Waals surface area contributed by atoms with Gasteiger partial charge in [0.25, 0.3) is 0 Å². The van der Waals surface area contributed by atoms with Gasteiger partial charge in [-0.05, 0) is 51.1 Å². The van der Waals surface area contributed by atoms with Crippen molar-refractivity contribution < 1.29 is 18.3 Å². The van der Waals surface area contributed by atoms with Crippen molar-refractivity contribution in [3.8, 4) is 5.75 Å². The summed E-state index contributed by atoms with van der Waals surface area (Å²) < 4.78 is 30.9. The zero-order chi connectivity index (χ0) is 24.1. The Labute approximate surface area is 198 Å². The van der Waals surface area contributed by atoms with Crippen LogP contribution in [0.4, 0.5) is 30.8 Å². The molecule has 11 heteroatoms. The van der Waals surface area contributed by atoms with Gasteiger partial charge in [0.2, 0.25) is 0 Å². The molecule has 1 aromatic heterocycles. The van der Waals surface area contributed by atoms with Gasteiger partial charge in [0.05, 0.1) is 11.4 Å². The highest BCUT2D eigenvalue weighted by Gasteiger charge is 2.24. The molecule has 0 saturated carbocycles. The third-order valence-corrected chi connectivity index (χ3v) is 6.16. The molecule has 9 nitrogen and oxygen atoms in total. The number of piperazine rings is 1. The fourth-order valence-electron chi connectivity index (χ4n) is 4.28. The zero-order valence-corrected chi connectivity index (χ0v) is 19.5. The van der Waals surface area contributed by atoms with Gasteiger partial charge in [0, 0.05) is 57.1 Å². The van der Waals surface area contributed by atoms with Gasteiger partial charge in [-0.1, -0.05) is 0 Å². The predicted octanol–water partition coefficient (Wildman–Crippen LogP) is 2.93. The second-order valence-electron chi connectivity index (χ2n) is 8.77. The number of ether oxygens (including phenoxy) is 1. The van der Waals surface area contributed by atoms with E-state index in [0.717, 1.165) is 62.8 Å². The minimum Gasteiger partial charge on any atom is -0.433 e. The highest BCUT2D eigenvalue weighted by molar-refractivity contribution is 5.91. The zero-order valence-electron chi connectivity index (χ0n) is 19.5. The van der Waals surface area contributed by atoms with E-state index in [9.17, 15) is 13.6 Å². The Morgan fingerprint density at radius 2 is 1.88 bits per heavy atom. The van der Waals surface area contributed by atoms with Gasteiger partial charge >= 0.3 is 12.6 Å². The molecule has 2 aliphatic heterocycles. The number of likely N-dealkylation sites (N-methyl/N-ethyl adjacent to an activating group) is 1. The lowest BCUT2D eigenvalue weighted by molar-refractivity contribution is -0.0493. The Hall–Kier alpha value is -3.21. The molecule has 1 atom stereocenters. The van der Waals surface area contributed by atoms with Crippen molar-refractivity contribution in [1.29, 1.82) is 0 Å². The van der Waals surface area contributed by atoms with Crippen LogP contribution in [0.5, 0.6) is 5.75 Å². The molecule has 1 unspecified atom stereocenters. The Morgan fingerprint density at radius 3 is 2.59 bits per heavy atom. The number of aromatic nitrogens is 2. The summed E-state index contributed by atoms with van der Waals surface area (Å²) in [7, 11) is 2.05. The van der Waals surface area contributed by atoms with Crippen LogP contribution < -0.4 is 25.2 Å². The lowest BCUT2D eigenvalue weighted by Gasteiger charge is -2.34. The third-order valence-electron chi connectivity index (χ3n) is 6.16. The molecule has 2 N–H and O–H groups in total. The second kappa shape index (κ2) is 10.8. The number of amides is 2. The van der Waals surface area contributed by atoms with Crippen molar-refractivity contribution in [1.82, 2.24) is 20.4 Å². The molecule has 0 bridgehead atoms. The highest BCUT2D eigenvalue weighted by atomic mass is 19.3. The van der Waals surface area contributed by atoms with Gasteiger partial charge in [-0.3, -0.25) is 0 Å². The first-order valence-corrected chi connectivity index (χ1v) is 11.5. The number of rotatable bonds is 6. The first-order chi connectivity index (χ1) is 16.4. The van der Waals surface area contributed by atoms with Crippen LogP contribution in [-0.2, 0) is 0 Å². The summed E-state index contributed by atoms with van der Waals surface area (Å²) in [4.78, 5) is 19.1. The van der Waals surface area contributed by atoms with E-state index in [1.807, 2.05) is 32.2 Å².